The molecule has 1 fully saturated rings. The van der Waals surface area contributed by atoms with Gasteiger partial charge in [-0.3, -0.25) is 9.59 Å². The number of benzene rings is 2. The maximum absolute atomic E-state index is 12.6. The van der Waals surface area contributed by atoms with Crippen molar-refractivity contribution >= 4 is 11.9 Å². The highest BCUT2D eigenvalue weighted by molar-refractivity contribution is 5.94. The number of halogens is 3. The van der Waals surface area contributed by atoms with Crippen LogP contribution in [0.3, 0.4) is 0 Å². The topological polar surface area (TPSA) is 66.8 Å². The van der Waals surface area contributed by atoms with Gasteiger partial charge in [0.05, 0.1) is 5.41 Å². The lowest BCUT2D eigenvalue weighted by molar-refractivity contribution is -0.274. The predicted octanol–water partition coefficient (Wildman–Crippen LogP) is 3.84. The number of piperidine rings is 1. The Morgan fingerprint density at radius 3 is 2.04 bits per heavy atom. The van der Waals surface area contributed by atoms with Crippen LogP contribution in [0.4, 0.5) is 13.2 Å². The van der Waals surface area contributed by atoms with E-state index in [9.17, 15) is 27.9 Å². The first-order valence-electron chi connectivity index (χ1n) is 8.65. The molecule has 148 valence electrons. The number of rotatable bonds is 4. The number of ether oxygens (including phenoxy) is 1. The first-order chi connectivity index (χ1) is 13.2. The molecule has 0 radical (unpaired) electrons. The van der Waals surface area contributed by atoms with Gasteiger partial charge in [0.2, 0.25) is 0 Å². The minimum absolute atomic E-state index is 0.220. The summed E-state index contributed by atoms with van der Waals surface area (Å²) in [6.07, 6.45) is -4.28. The number of carbonyl (C=O) groups excluding carboxylic acids is 1. The van der Waals surface area contributed by atoms with E-state index in [-0.39, 0.29) is 37.4 Å². The quantitative estimate of drug-likeness (QED) is 0.857. The average molecular weight is 393 g/mol. The summed E-state index contributed by atoms with van der Waals surface area (Å²) in [4.78, 5) is 26.1. The van der Waals surface area contributed by atoms with E-state index in [2.05, 4.69) is 4.74 Å². The molecule has 3 rings (SSSR count). The summed E-state index contributed by atoms with van der Waals surface area (Å²) in [6.45, 7) is 0.474. The lowest BCUT2D eigenvalue weighted by Gasteiger charge is -2.39. The van der Waals surface area contributed by atoms with Gasteiger partial charge < -0.3 is 14.7 Å². The monoisotopic (exact) mass is 393 g/mol. The van der Waals surface area contributed by atoms with Crippen molar-refractivity contribution in [3.05, 3.63) is 65.7 Å². The van der Waals surface area contributed by atoms with Crippen LogP contribution >= 0.6 is 0 Å². The van der Waals surface area contributed by atoms with E-state index in [0.717, 1.165) is 12.1 Å². The van der Waals surface area contributed by atoms with Crippen molar-refractivity contribution in [1.82, 2.24) is 4.90 Å². The van der Waals surface area contributed by atoms with Crippen molar-refractivity contribution in [2.75, 3.05) is 13.1 Å². The summed E-state index contributed by atoms with van der Waals surface area (Å²) < 4.78 is 40.5. The minimum atomic E-state index is -4.80. The molecule has 0 spiro atoms. The lowest BCUT2D eigenvalue weighted by atomic mass is 9.73. The Morgan fingerprint density at radius 1 is 0.964 bits per heavy atom. The first kappa shape index (κ1) is 19.7. The molecule has 28 heavy (non-hydrogen) atoms. The molecule has 1 aliphatic rings. The van der Waals surface area contributed by atoms with Crippen LogP contribution in [-0.2, 0) is 10.2 Å². The van der Waals surface area contributed by atoms with Crippen molar-refractivity contribution in [3.63, 3.8) is 0 Å². The molecule has 1 N–H and O–H groups in total. The van der Waals surface area contributed by atoms with E-state index < -0.39 is 23.5 Å². The zero-order valence-corrected chi connectivity index (χ0v) is 14.8. The zero-order chi connectivity index (χ0) is 20.4. The van der Waals surface area contributed by atoms with Crippen LogP contribution < -0.4 is 4.74 Å². The minimum Gasteiger partial charge on any atom is -0.481 e. The molecule has 1 saturated heterocycles. The number of amides is 1. The van der Waals surface area contributed by atoms with Crippen molar-refractivity contribution < 1.29 is 32.6 Å². The number of hydrogen-bond donors (Lipinski definition) is 1. The van der Waals surface area contributed by atoms with Crippen LogP contribution in [0.15, 0.2) is 54.6 Å². The molecule has 2 aromatic rings. The Bertz CT molecular complexity index is 842. The number of carbonyl (C=O) groups is 2. The molecule has 0 bridgehead atoms. The van der Waals surface area contributed by atoms with Crippen LogP contribution in [-0.4, -0.2) is 41.3 Å². The van der Waals surface area contributed by atoms with E-state index in [1.165, 1.54) is 17.0 Å². The SMILES string of the molecule is O=C(c1ccc(OC(F)(F)F)cc1)N1CCC(C(=O)O)(c2ccccc2)CC1. The van der Waals surface area contributed by atoms with Gasteiger partial charge in [-0.2, -0.15) is 0 Å². The second-order valence-electron chi connectivity index (χ2n) is 6.62. The van der Waals surface area contributed by atoms with E-state index in [1.807, 2.05) is 6.07 Å². The van der Waals surface area contributed by atoms with Gasteiger partial charge in [0, 0.05) is 18.7 Å². The fourth-order valence-corrected chi connectivity index (χ4v) is 3.46. The number of carboxylic acids is 1. The van der Waals surface area contributed by atoms with Gasteiger partial charge >= 0.3 is 12.3 Å². The standard InChI is InChI=1S/C20H18F3NO4/c21-20(22,23)28-16-8-6-14(7-9-16)17(25)24-12-10-19(11-13-24,18(26)27)15-4-2-1-3-5-15/h1-9H,10-13H2,(H,26,27). The second kappa shape index (κ2) is 7.53. The van der Waals surface area contributed by atoms with Crippen molar-refractivity contribution in [1.29, 1.82) is 0 Å². The summed E-state index contributed by atoms with van der Waals surface area (Å²) in [5, 5.41) is 9.80. The molecule has 0 atom stereocenters. The van der Waals surface area contributed by atoms with Gasteiger partial charge in [0.25, 0.3) is 5.91 Å². The van der Waals surface area contributed by atoms with Gasteiger partial charge in [0.15, 0.2) is 0 Å². The Morgan fingerprint density at radius 2 is 1.54 bits per heavy atom. The van der Waals surface area contributed by atoms with E-state index >= 15 is 0 Å². The van der Waals surface area contributed by atoms with E-state index in [0.29, 0.717) is 5.56 Å². The molecule has 5 nitrogen and oxygen atoms in total. The van der Waals surface area contributed by atoms with Crippen molar-refractivity contribution in [2.24, 2.45) is 0 Å². The molecule has 0 unspecified atom stereocenters. The average Bonchev–Trinajstić information content (AvgIpc) is 2.67. The fraction of sp³-hybridized carbons (Fsp3) is 0.300. The molecular weight excluding hydrogens is 375 g/mol. The Hall–Kier alpha value is -3.03. The third-order valence-electron chi connectivity index (χ3n) is 4.97. The fourth-order valence-electron chi connectivity index (χ4n) is 3.46. The molecular formula is C20H18F3NO4. The summed E-state index contributed by atoms with van der Waals surface area (Å²) in [5.74, 6) is -1.69. The number of nitrogens with zero attached hydrogens (tertiary/aromatic N) is 1. The number of alkyl halides is 3. The molecule has 8 heteroatoms. The van der Waals surface area contributed by atoms with Crippen LogP contribution in [0.5, 0.6) is 5.75 Å². The van der Waals surface area contributed by atoms with Crippen molar-refractivity contribution in [2.45, 2.75) is 24.6 Å². The second-order valence-corrected chi connectivity index (χ2v) is 6.62. The van der Waals surface area contributed by atoms with Crippen molar-refractivity contribution in [3.8, 4) is 5.75 Å². The van der Waals surface area contributed by atoms with Crippen LogP contribution in [0.1, 0.15) is 28.8 Å². The molecule has 1 amide bonds. The van der Waals surface area contributed by atoms with Crippen LogP contribution in [0.25, 0.3) is 0 Å². The molecule has 1 heterocycles. The van der Waals surface area contributed by atoms with Crippen LogP contribution in [0, 0.1) is 0 Å². The normalized spacial score (nSPS) is 16.5. The van der Waals surface area contributed by atoms with Gasteiger partial charge in [-0.05, 0) is 42.7 Å². The number of carboxylic acid groups (broad SMARTS) is 1. The summed E-state index contributed by atoms with van der Waals surface area (Å²) in [7, 11) is 0. The van der Waals surface area contributed by atoms with Gasteiger partial charge in [-0.25, -0.2) is 0 Å². The smallest absolute Gasteiger partial charge is 0.481 e. The Balaban J connectivity index is 1.70. The summed E-state index contributed by atoms with van der Waals surface area (Å²) in [6, 6.07) is 13.6. The van der Waals surface area contributed by atoms with Gasteiger partial charge in [-0.1, -0.05) is 30.3 Å². The highest BCUT2D eigenvalue weighted by Gasteiger charge is 2.43. The largest absolute Gasteiger partial charge is 0.573 e. The Kier molecular flexibility index (Phi) is 5.31. The molecule has 1 aliphatic heterocycles. The maximum atomic E-state index is 12.6. The third-order valence-corrected chi connectivity index (χ3v) is 4.97. The highest BCUT2D eigenvalue weighted by atomic mass is 19.4. The lowest BCUT2D eigenvalue weighted by Crippen LogP contribution is -2.49. The molecule has 0 saturated carbocycles. The summed E-state index contributed by atoms with van der Waals surface area (Å²) >= 11 is 0. The van der Waals surface area contributed by atoms with E-state index in [4.69, 9.17) is 0 Å². The van der Waals surface area contributed by atoms with Crippen LogP contribution in [0.2, 0.25) is 0 Å². The number of likely N-dealkylation sites (tertiary alicyclic amines) is 1. The summed E-state index contributed by atoms with van der Waals surface area (Å²) in [5.41, 5.74) is -0.136. The molecule has 2 aromatic carbocycles. The van der Waals surface area contributed by atoms with Gasteiger partial charge in [0.1, 0.15) is 5.75 Å². The zero-order valence-electron chi connectivity index (χ0n) is 14.8. The molecule has 0 aliphatic carbocycles. The molecule has 0 aromatic heterocycles. The van der Waals surface area contributed by atoms with Gasteiger partial charge in [-0.15, -0.1) is 13.2 Å². The highest BCUT2D eigenvalue weighted by Crippen LogP contribution is 2.36. The van der Waals surface area contributed by atoms with E-state index in [1.54, 1.807) is 24.3 Å². The maximum Gasteiger partial charge on any atom is 0.573 e. The first-order valence-corrected chi connectivity index (χ1v) is 8.65. The Labute approximate surface area is 159 Å². The number of aliphatic carboxylic acids is 1. The predicted molar refractivity (Wildman–Crippen MR) is 94.0 cm³/mol. The third kappa shape index (κ3) is 4.11. The number of hydrogen-bond acceptors (Lipinski definition) is 3.